The number of hydrogen-bond acceptors (Lipinski definition) is 3. The van der Waals surface area contributed by atoms with Gasteiger partial charge in [0.25, 0.3) is 5.91 Å². The van der Waals surface area contributed by atoms with Crippen LogP contribution in [-0.2, 0) is 0 Å². The van der Waals surface area contributed by atoms with Crippen LogP contribution in [0.5, 0.6) is 0 Å². The first-order chi connectivity index (χ1) is 7.09. The molecular weight excluding hydrogens is 192 g/mol. The van der Waals surface area contributed by atoms with E-state index in [-0.39, 0.29) is 11.4 Å². The Morgan fingerprint density at radius 1 is 1.60 bits per heavy atom. The van der Waals surface area contributed by atoms with Crippen LogP contribution in [0.25, 0.3) is 0 Å². The molecule has 2 rings (SSSR count). The van der Waals surface area contributed by atoms with Crippen molar-refractivity contribution in [1.29, 1.82) is 0 Å². The SMILES string of the molecule is Cc1ccc(C(=O)NCC2(N)CCC2)o1. The first-order valence-corrected chi connectivity index (χ1v) is 5.23. The van der Waals surface area contributed by atoms with E-state index in [2.05, 4.69) is 5.32 Å². The summed E-state index contributed by atoms with van der Waals surface area (Å²) in [6.07, 6.45) is 3.14. The summed E-state index contributed by atoms with van der Waals surface area (Å²) in [5.74, 6) is 0.918. The van der Waals surface area contributed by atoms with Gasteiger partial charge in [0.1, 0.15) is 5.76 Å². The van der Waals surface area contributed by atoms with Gasteiger partial charge >= 0.3 is 0 Å². The molecule has 1 amide bonds. The fraction of sp³-hybridized carbons (Fsp3) is 0.545. The molecule has 0 aliphatic heterocycles. The third-order valence-electron chi connectivity index (χ3n) is 2.91. The Labute approximate surface area is 88.8 Å². The minimum Gasteiger partial charge on any atom is -0.456 e. The molecule has 1 saturated carbocycles. The molecule has 0 saturated heterocycles. The maximum absolute atomic E-state index is 11.6. The smallest absolute Gasteiger partial charge is 0.287 e. The maximum Gasteiger partial charge on any atom is 0.287 e. The highest BCUT2D eigenvalue weighted by Crippen LogP contribution is 2.28. The lowest BCUT2D eigenvalue weighted by molar-refractivity contribution is 0.0901. The van der Waals surface area contributed by atoms with Crippen molar-refractivity contribution in [3.8, 4) is 0 Å². The second-order valence-electron chi connectivity index (χ2n) is 4.31. The Kier molecular flexibility index (Phi) is 2.52. The van der Waals surface area contributed by atoms with Crippen molar-refractivity contribution in [3.63, 3.8) is 0 Å². The number of aryl methyl sites for hydroxylation is 1. The van der Waals surface area contributed by atoms with Crippen molar-refractivity contribution in [3.05, 3.63) is 23.7 Å². The van der Waals surface area contributed by atoms with Gasteiger partial charge in [-0.05, 0) is 38.3 Å². The lowest BCUT2D eigenvalue weighted by atomic mass is 9.78. The number of nitrogens with one attached hydrogen (secondary N) is 1. The number of amides is 1. The second kappa shape index (κ2) is 3.70. The van der Waals surface area contributed by atoms with E-state index in [0.29, 0.717) is 12.3 Å². The number of carbonyl (C=O) groups excluding carboxylic acids is 1. The predicted molar refractivity (Wildman–Crippen MR) is 56.5 cm³/mol. The van der Waals surface area contributed by atoms with Crippen LogP contribution in [-0.4, -0.2) is 18.0 Å². The number of nitrogens with two attached hydrogens (primary N) is 1. The largest absolute Gasteiger partial charge is 0.456 e. The van der Waals surface area contributed by atoms with Gasteiger partial charge in [0.15, 0.2) is 5.76 Å². The molecule has 0 radical (unpaired) electrons. The van der Waals surface area contributed by atoms with E-state index in [1.807, 2.05) is 6.92 Å². The molecule has 1 fully saturated rings. The summed E-state index contributed by atoms with van der Waals surface area (Å²) in [5.41, 5.74) is 5.81. The van der Waals surface area contributed by atoms with Crippen LogP contribution < -0.4 is 11.1 Å². The molecule has 0 aromatic carbocycles. The van der Waals surface area contributed by atoms with Crippen LogP contribution in [0.15, 0.2) is 16.5 Å². The minimum atomic E-state index is -0.183. The van der Waals surface area contributed by atoms with E-state index in [0.717, 1.165) is 25.0 Å². The van der Waals surface area contributed by atoms with E-state index >= 15 is 0 Å². The summed E-state index contributed by atoms with van der Waals surface area (Å²) in [6, 6.07) is 3.45. The van der Waals surface area contributed by atoms with Gasteiger partial charge in [-0.15, -0.1) is 0 Å². The lowest BCUT2D eigenvalue weighted by Crippen LogP contribution is -2.54. The maximum atomic E-state index is 11.6. The fourth-order valence-electron chi connectivity index (χ4n) is 1.71. The highest BCUT2D eigenvalue weighted by Gasteiger charge is 2.32. The average Bonchev–Trinajstić information content (AvgIpc) is 2.58. The first kappa shape index (κ1) is 10.2. The van der Waals surface area contributed by atoms with E-state index in [1.165, 1.54) is 0 Å². The third kappa shape index (κ3) is 2.21. The molecule has 15 heavy (non-hydrogen) atoms. The highest BCUT2D eigenvalue weighted by molar-refractivity contribution is 5.91. The van der Waals surface area contributed by atoms with E-state index < -0.39 is 0 Å². The van der Waals surface area contributed by atoms with Gasteiger partial charge in [0.05, 0.1) is 0 Å². The van der Waals surface area contributed by atoms with E-state index in [9.17, 15) is 4.79 Å². The zero-order valence-corrected chi connectivity index (χ0v) is 8.88. The molecule has 0 atom stereocenters. The van der Waals surface area contributed by atoms with Crippen LogP contribution in [0, 0.1) is 6.92 Å². The Morgan fingerprint density at radius 2 is 2.33 bits per heavy atom. The van der Waals surface area contributed by atoms with Gasteiger partial charge in [-0.2, -0.15) is 0 Å². The summed E-state index contributed by atoms with van der Waals surface area (Å²) in [7, 11) is 0. The quantitative estimate of drug-likeness (QED) is 0.784. The summed E-state index contributed by atoms with van der Waals surface area (Å²) in [5, 5.41) is 2.80. The zero-order valence-electron chi connectivity index (χ0n) is 8.88. The highest BCUT2D eigenvalue weighted by atomic mass is 16.3. The monoisotopic (exact) mass is 208 g/mol. The molecule has 0 bridgehead atoms. The molecule has 1 heterocycles. The summed E-state index contributed by atoms with van der Waals surface area (Å²) in [4.78, 5) is 11.6. The van der Waals surface area contributed by atoms with Gasteiger partial charge in [-0.3, -0.25) is 4.79 Å². The Balaban J connectivity index is 1.87. The third-order valence-corrected chi connectivity index (χ3v) is 2.91. The topological polar surface area (TPSA) is 68.3 Å². The van der Waals surface area contributed by atoms with E-state index in [1.54, 1.807) is 12.1 Å². The Bertz CT molecular complexity index is 366. The number of carbonyl (C=O) groups is 1. The average molecular weight is 208 g/mol. The molecule has 82 valence electrons. The molecule has 3 N–H and O–H groups in total. The first-order valence-electron chi connectivity index (χ1n) is 5.23. The van der Waals surface area contributed by atoms with Gasteiger partial charge in [-0.25, -0.2) is 0 Å². The van der Waals surface area contributed by atoms with Crippen LogP contribution in [0.3, 0.4) is 0 Å². The van der Waals surface area contributed by atoms with Crippen molar-refractivity contribution < 1.29 is 9.21 Å². The van der Waals surface area contributed by atoms with Crippen LogP contribution in [0.1, 0.15) is 35.6 Å². The molecule has 0 unspecified atom stereocenters. The zero-order chi connectivity index (χ0) is 10.9. The lowest BCUT2D eigenvalue weighted by Gasteiger charge is -2.37. The number of rotatable bonds is 3. The normalized spacial score (nSPS) is 18.3. The number of furan rings is 1. The van der Waals surface area contributed by atoms with Crippen molar-refractivity contribution in [2.75, 3.05) is 6.54 Å². The van der Waals surface area contributed by atoms with Gasteiger partial charge in [-0.1, -0.05) is 0 Å². The van der Waals surface area contributed by atoms with Gasteiger partial charge in [0.2, 0.25) is 0 Å². The standard InChI is InChI=1S/C11H16N2O2/c1-8-3-4-9(15-8)10(14)13-7-11(12)5-2-6-11/h3-4H,2,5-7,12H2,1H3,(H,13,14). The Morgan fingerprint density at radius 3 is 2.80 bits per heavy atom. The molecule has 1 aliphatic carbocycles. The van der Waals surface area contributed by atoms with Crippen LogP contribution >= 0.6 is 0 Å². The molecule has 4 nitrogen and oxygen atoms in total. The molecule has 1 aromatic heterocycles. The molecule has 1 aliphatic rings. The summed E-state index contributed by atoms with van der Waals surface area (Å²) >= 11 is 0. The summed E-state index contributed by atoms with van der Waals surface area (Å²) in [6.45, 7) is 2.35. The van der Waals surface area contributed by atoms with Crippen molar-refractivity contribution in [2.45, 2.75) is 31.7 Å². The predicted octanol–water partition coefficient (Wildman–Crippen LogP) is 1.20. The molecule has 1 aromatic rings. The van der Waals surface area contributed by atoms with Crippen molar-refractivity contribution >= 4 is 5.91 Å². The second-order valence-corrected chi connectivity index (χ2v) is 4.31. The Hall–Kier alpha value is -1.29. The molecule has 0 spiro atoms. The minimum absolute atomic E-state index is 0.181. The van der Waals surface area contributed by atoms with Crippen molar-refractivity contribution in [1.82, 2.24) is 5.32 Å². The van der Waals surface area contributed by atoms with E-state index in [4.69, 9.17) is 10.2 Å². The molecular formula is C11H16N2O2. The summed E-state index contributed by atoms with van der Waals surface area (Å²) < 4.78 is 5.21. The van der Waals surface area contributed by atoms with Crippen molar-refractivity contribution in [2.24, 2.45) is 5.73 Å². The van der Waals surface area contributed by atoms with Gasteiger partial charge in [0, 0.05) is 12.1 Å². The number of hydrogen-bond donors (Lipinski definition) is 2. The fourth-order valence-corrected chi connectivity index (χ4v) is 1.71. The van der Waals surface area contributed by atoms with Crippen LogP contribution in [0.2, 0.25) is 0 Å². The van der Waals surface area contributed by atoms with Crippen LogP contribution in [0.4, 0.5) is 0 Å². The van der Waals surface area contributed by atoms with Gasteiger partial charge < -0.3 is 15.5 Å². The molecule has 4 heteroatoms.